The van der Waals surface area contributed by atoms with Crippen molar-refractivity contribution < 1.29 is 4.74 Å². The highest BCUT2D eigenvalue weighted by molar-refractivity contribution is 5.43. The number of rotatable bonds is 3. The van der Waals surface area contributed by atoms with Gasteiger partial charge in [-0.05, 0) is 26.5 Å². The van der Waals surface area contributed by atoms with Crippen molar-refractivity contribution >= 4 is 0 Å². The van der Waals surface area contributed by atoms with Crippen LogP contribution in [0.3, 0.4) is 0 Å². The summed E-state index contributed by atoms with van der Waals surface area (Å²) < 4.78 is 5.94. The molecule has 15 heavy (non-hydrogen) atoms. The van der Waals surface area contributed by atoms with Crippen LogP contribution < -0.4 is 10.1 Å². The predicted molar refractivity (Wildman–Crippen MR) is 62.3 cm³/mol. The number of ether oxygens (including phenoxy) is 1. The minimum absolute atomic E-state index is 0.303. The first-order chi connectivity index (χ1) is 7.26. The number of hydrogen-bond donors (Lipinski definition) is 1. The Kier molecular flexibility index (Phi) is 2.96. The third-order valence-electron chi connectivity index (χ3n) is 3.03. The maximum Gasteiger partial charge on any atom is 0.124 e. The molecule has 2 unspecified atom stereocenters. The molecule has 0 aliphatic carbocycles. The SMILES string of the molecule is CCCC1Oc2ccc(C)cc2C1NC. The Hall–Kier alpha value is -1.02. The summed E-state index contributed by atoms with van der Waals surface area (Å²) >= 11 is 0. The Morgan fingerprint density at radius 1 is 1.40 bits per heavy atom. The molecule has 0 saturated heterocycles. The lowest BCUT2D eigenvalue weighted by molar-refractivity contribution is 0.182. The van der Waals surface area contributed by atoms with Gasteiger partial charge in [0.05, 0.1) is 6.04 Å². The van der Waals surface area contributed by atoms with E-state index in [-0.39, 0.29) is 0 Å². The van der Waals surface area contributed by atoms with Crippen LogP contribution in [0, 0.1) is 6.92 Å². The molecule has 0 amide bonds. The zero-order chi connectivity index (χ0) is 10.8. The average Bonchev–Trinajstić information content (AvgIpc) is 2.55. The van der Waals surface area contributed by atoms with E-state index in [2.05, 4.69) is 37.4 Å². The molecule has 0 spiro atoms. The zero-order valence-corrected chi connectivity index (χ0v) is 9.71. The first-order valence-electron chi connectivity index (χ1n) is 5.70. The van der Waals surface area contributed by atoms with Crippen LogP contribution in [0.5, 0.6) is 5.75 Å². The van der Waals surface area contributed by atoms with Gasteiger partial charge in [0.15, 0.2) is 0 Å². The molecule has 82 valence electrons. The van der Waals surface area contributed by atoms with Gasteiger partial charge in [0.25, 0.3) is 0 Å². The fraction of sp³-hybridized carbons (Fsp3) is 0.538. The summed E-state index contributed by atoms with van der Waals surface area (Å²) in [6.07, 6.45) is 2.58. The maximum absolute atomic E-state index is 5.94. The monoisotopic (exact) mass is 205 g/mol. The molecule has 0 saturated carbocycles. The van der Waals surface area contributed by atoms with Gasteiger partial charge in [-0.25, -0.2) is 0 Å². The van der Waals surface area contributed by atoms with Crippen LogP contribution in [0.15, 0.2) is 18.2 Å². The van der Waals surface area contributed by atoms with Crippen molar-refractivity contribution in [2.45, 2.75) is 38.8 Å². The van der Waals surface area contributed by atoms with Gasteiger partial charge in [-0.3, -0.25) is 0 Å². The van der Waals surface area contributed by atoms with Crippen molar-refractivity contribution in [1.82, 2.24) is 5.32 Å². The van der Waals surface area contributed by atoms with Gasteiger partial charge in [0, 0.05) is 5.56 Å². The highest BCUT2D eigenvalue weighted by atomic mass is 16.5. The van der Waals surface area contributed by atoms with Crippen LogP contribution in [0.2, 0.25) is 0 Å². The summed E-state index contributed by atoms with van der Waals surface area (Å²) in [4.78, 5) is 0. The molecule has 1 aromatic carbocycles. The number of nitrogens with one attached hydrogen (secondary N) is 1. The Labute approximate surface area is 91.6 Å². The van der Waals surface area contributed by atoms with Crippen molar-refractivity contribution in [3.63, 3.8) is 0 Å². The first kappa shape index (κ1) is 10.5. The van der Waals surface area contributed by atoms with Crippen molar-refractivity contribution in [1.29, 1.82) is 0 Å². The molecule has 2 nitrogen and oxygen atoms in total. The molecule has 1 aliphatic heterocycles. The molecule has 2 atom stereocenters. The van der Waals surface area contributed by atoms with Gasteiger partial charge in [0.1, 0.15) is 11.9 Å². The number of fused-ring (bicyclic) bond motifs is 1. The van der Waals surface area contributed by atoms with Crippen molar-refractivity contribution in [2.75, 3.05) is 7.05 Å². The Morgan fingerprint density at radius 2 is 2.20 bits per heavy atom. The highest BCUT2D eigenvalue weighted by Crippen LogP contribution is 2.38. The number of aryl methyl sites for hydroxylation is 1. The molecule has 1 heterocycles. The fourth-order valence-electron chi connectivity index (χ4n) is 2.30. The second-order valence-electron chi connectivity index (χ2n) is 4.25. The van der Waals surface area contributed by atoms with Gasteiger partial charge in [-0.15, -0.1) is 0 Å². The van der Waals surface area contributed by atoms with Crippen LogP contribution in [0.1, 0.15) is 36.9 Å². The second kappa shape index (κ2) is 4.23. The second-order valence-corrected chi connectivity index (χ2v) is 4.25. The average molecular weight is 205 g/mol. The maximum atomic E-state index is 5.94. The summed E-state index contributed by atoms with van der Waals surface area (Å²) in [7, 11) is 2.01. The smallest absolute Gasteiger partial charge is 0.124 e. The molecule has 0 aromatic heterocycles. The standard InChI is InChI=1S/C13H19NO/c1-4-5-12-13(14-3)10-8-9(2)6-7-11(10)15-12/h6-8,12-14H,4-5H2,1-3H3. The first-order valence-corrected chi connectivity index (χ1v) is 5.70. The summed E-state index contributed by atoms with van der Waals surface area (Å²) in [5, 5.41) is 3.36. The quantitative estimate of drug-likeness (QED) is 0.819. The van der Waals surface area contributed by atoms with Gasteiger partial charge in [-0.2, -0.15) is 0 Å². The Balaban J connectivity index is 2.29. The Morgan fingerprint density at radius 3 is 2.87 bits per heavy atom. The molecule has 0 radical (unpaired) electrons. The summed E-state index contributed by atoms with van der Waals surface area (Å²) in [6, 6.07) is 6.79. The Bertz CT molecular complexity index is 348. The van der Waals surface area contributed by atoms with Gasteiger partial charge in [-0.1, -0.05) is 31.0 Å². The van der Waals surface area contributed by atoms with Crippen LogP contribution >= 0.6 is 0 Å². The number of hydrogen-bond acceptors (Lipinski definition) is 2. The van der Waals surface area contributed by atoms with Crippen molar-refractivity contribution in [2.24, 2.45) is 0 Å². The summed E-state index contributed by atoms with van der Waals surface area (Å²) in [5.41, 5.74) is 2.62. The number of benzene rings is 1. The highest BCUT2D eigenvalue weighted by Gasteiger charge is 2.32. The van der Waals surface area contributed by atoms with E-state index in [0.29, 0.717) is 12.1 Å². The van der Waals surface area contributed by atoms with Crippen LogP contribution in [-0.4, -0.2) is 13.2 Å². The minimum atomic E-state index is 0.303. The van der Waals surface area contributed by atoms with Crippen LogP contribution in [0.4, 0.5) is 0 Å². The molecule has 2 heteroatoms. The molecule has 0 fully saturated rings. The van der Waals surface area contributed by atoms with Crippen molar-refractivity contribution in [3.05, 3.63) is 29.3 Å². The van der Waals surface area contributed by atoms with Crippen molar-refractivity contribution in [3.8, 4) is 5.75 Å². The van der Waals surface area contributed by atoms with Gasteiger partial charge < -0.3 is 10.1 Å². The normalized spacial score (nSPS) is 23.7. The largest absolute Gasteiger partial charge is 0.488 e. The summed E-state index contributed by atoms with van der Waals surface area (Å²) in [5.74, 6) is 1.05. The molecular weight excluding hydrogens is 186 g/mol. The van der Waals surface area contributed by atoms with E-state index in [1.165, 1.54) is 11.1 Å². The van der Waals surface area contributed by atoms with E-state index in [9.17, 15) is 0 Å². The fourth-order valence-corrected chi connectivity index (χ4v) is 2.30. The molecule has 1 aromatic rings. The van der Waals surface area contributed by atoms with Crippen LogP contribution in [0.25, 0.3) is 0 Å². The molecule has 2 rings (SSSR count). The van der Waals surface area contributed by atoms with Crippen LogP contribution in [-0.2, 0) is 0 Å². The minimum Gasteiger partial charge on any atom is -0.488 e. The lowest BCUT2D eigenvalue weighted by Gasteiger charge is -2.17. The van der Waals surface area contributed by atoms with Gasteiger partial charge >= 0.3 is 0 Å². The van der Waals surface area contributed by atoms with Gasteiger partial charge in [0.2, 0.25) is 0 Å². The van der Waals surface area contributed by atoms with E-state index >= 15 is 0 Å². The molecule has 1 aliphatic rings. The molecule has 0 bridgehead atoms. The van der Waals surface area contributed by atoms with E-state index < -0.39 is 0 Å². The lowest BCUT2D eigenvalue weighted by atomic mass is 9.99. The zero-order valence-electron chi connectivity index (χ0n) is 9.71. The lowest BCUT2D eigenvalue weighted by Crippen LogP contribution is -2.28. The summed E-state index contributed by atoms with van der Waals surface area (Å²) in [6.45, 7) is 4.32. The third kappa shape index (κ3) is 1.86. The van der Waals surface area contributed by atoms with E-state index in [0.717, 1.165) is 18.6 Å². The van der Waals surface area contributed by atoms with E-state index in [1.54, 1.807) is 0 Å². The van der Waals surface area contributed by atoms with E-state index in [4.69, 9.17) is 4.74 Å². The molecule has 1 N–H and O–H groups in total. The number of likely N-dealkylation sites (N-methyl/N-ethyl adjacent to an activating group) is 1. The predicted octanol–water partition coefficient (Wildman–Crippen LogP) is 2.82. The van der Waals surface area contributed by atoms with E-state index in [1.807, 2.05) is 7.05 Å². The topological polar surface area (TPSA) is 21.3 Å². The third-order valence-corrected chi connectivity index (χ3v) is 3.03. The molecular formula is C13H19NO.